The molecule has 3 rings (SSSR count). The quantitative estimate of drug-likeness (QED) is 0.879. The molecule has 0 unspecified atom stereocenters. The first kappa shape index (κ1) is 15.2. The van der Waals surface area contributed by atoms with E-state index >= 15 is 0 Å². The Hall–Kier alpha value is -1.72. The number of nitrogens with two attached hydrogens (primary N) is 1. The van der Waals surface area contributed by atoms with Gasteiger partial charge in [0.05, 0.1) is 10.7 Å². The highest BCUT2D eigenvalue weighted by Gasteiger charge is 2.19. The minimum absolute atomic E-state index is 0.368. The van der Waals surface area contributed by atoms with Gasteiger partial charge in [-0.1, -0.05) is 17.7 Å². The summed E-state index contributed by atoms with van der Waals surface area (Å²) in [5, 5.41) is 0.368. The fourth-order valence-electron chi connectivity index (χ4n) is 2.76. The molecule has 0 aliphatic carbocycles. The lowest BCUT2D eigenvalue weighted by Crippen LogP contribution is -2.18. The van der Waals surface area contributed by atoms with Crippen LogP contribution in [0.25, 0.3) is 11.3 Å². The van der Waals surface area contributed by atoms with Crippen molar-refractivity contribution >= 4 is 17.4 Å². The summed E-state index contributed by atoms with van der Waals surface area (Å²) in [6.45, 7) is 1.57. The molecular formula is C16H17ClFN3O. The van der Waals surface area contributed by atoms with Gasteiger partial charge < -0.3 is 10.5 Å². The molecule has 0 aromatic carbocycles. The Morgan fingerprint density at radius 1 is 1.32 bits per heavy atom. The zero-order valence-corrected chi connectivity index (χ0v) is 12.8. The van der Waals surface area contributed by atoms with E-state index in [-0.39, 0.29) is 0 Å². The summed E-state index contributed by atoms with van der Waals surface area (Å²) < 4.78 is 18.9. The summed E-state index contributed by atoms with van der Waals surface area (Å²) in [7, 11) is 0. The Labute approximate surface area is 133 Å². The second-order valence-electron chi connectivity index (χ2n) is 5.49. The van der Waals surface area contributed by atoms with E-state index in [4.69, 9.17) is 22.1 Å². The molecule has 2 aromatic heterocycles. The van der Waals surface area contributed by atoms with Gasteiger partial charge >= 0.3 is 0 Å². The largest absolute Gasteiger partial charge is 0.384 e. The average molecular weight is 322 g/mol. The number of hydrogen-bond donors (Lipinski definition) is 1. The predicted octanol–water partition coefficient (Wildman–Crippen LogP) is 3.49. The van der Waals surface area contributed by atoms with Gasteiger partial charge in [-0.15, -0.1) is 0 Å². The van der Waals surface area contributed by atoms with Crippen LogP contribution in [0.1, 0.15) is 18.4 Å². The Bertz CT molecular complexity index is 674. The normalized spacial score (nSPS) is 15.9. The number of rotatable bonds is 3. The number of hydrogen-bond acceptors (Lipinski definition) is 4. The molecule has 22 heavy (non-hydrogen) atoms. The van der Waals surface area contributed by atoms with Gasteiger partial charge in [-0.25, -0.2) is 9.97 Å². The van der Waals surface area contributed by atoms with Gasteiger partial charge in [-0.3, -0.25) is 0 Å². The highest BCUT2D eigenvalue weighted by Crippen LogP contribution is 2.32. The van der Waals surface area contributed by atoms with Crippen molar-refractivity contribution < 1.29 is 9.13 Å². The monoisotopic (exact) mass is 321 g/mol. The summed E-state index contributed by atoms with van der Waals surface area (Å²) in [6, 6.07) is 5.02. The summed E-state index contributed by atoms with van der Waals surface area (Å²) in [5.74, 6) is 0.336. The molecule has 6 heteroatoms. The van der Waals surface area contributed by atoms with Gasteiger partial charge in [0.2, 0.25) is 5.95 Å². The number of anilines is 1. The minimum Gasteiger partial charge on any atom is -0.384 e. The lowest BCUT2D eigenvalue weighted by atomic mass is 9.90. The number of pyridine rings is 2. The molecule has 0 spiro atoms. The molecule has 2 aromatic rings. The fraction of sp³-hybridized carbons (Fsp3) is 0.375. The zero-order valence-electron chi connectivity index (χ0n) is 12.1. The summed E-state index contributed by atoms with van der Waals surface area (Å²) in [5.41, 5.74) is 7.99. The standard InChI is InChI=1S/C16H17ClFN3O/c17-13-9-20-14(18)8-12(13)16-11(1-2-15(19)21-16)7-10-3-5-22-6-4-10/h1-2,8-10H,3-7H2,(H2,19,21). The molecule has 0 saturated carbocycles. The Kier molecular flexibility index (Phi) is 4.55. The zero-order chi connectivity index (χ0) is 15.5. The van der Waals surface area contributed by atoms with Gasteiger partial charge in [0.25, 0.3) is 0 Å². The SMILES string of the molecule is Nc1ccc(CC2CCOCC2)c(-c2cc(F)ncc2Cl)n1. The molecule has 0 atom stereocenters. The molecular weight excluding hydrogens is 305 g/mol. The van der Waals surface area contributed by atoms with Gasteiger partial charge in [-0.05, 0) is 36.8 Å². The molecule has 1 aliphatic heterocycles. The van der Waals surface area contributed by atoms with E-state index in [1.165, 1.54) is 12.3 Å². The first-order chi connectivity index (χ1) is 10.6. The Morgan fingerprint density at radius 3 is 2.86 bits per heavy atom. The molecule has 1 saturated heterocycles. The summed E-state index contributed by atoms with van der Waals surface area (Å²) >= 11 is 6.17. The summed E-state index contributed by atoms with van der Waals surface area (Å²) in [6.07, 6.45) is 4.19. The maximum atomic E-state index is 13.5. The smallest absolute Gasteiger partial charge is 0.213 e. The number of nitrogen functional groups attached to an aromatic ring is 1. The lowest BCUT2D eigenvalue weighted by Gasteiger charge is -2.23. The Balaban J connectivity index is 1.98. The maximum absolute atomic E-state index is 13.5. The minimum atomic E-state index is -0.583. The highest BCUT2D eigenvalue weighted by molar-refractivity contribution is 6.33. The molecule has 4 nitrogen and oxygen atoms in total. The molecule has 0 amide bonds. The van der Waals surface area contributed by atoms with E-state index in [1.807, 2.05) is 6.07 Å². The van der Waals surface area contributed by atoms with Gasteiger partial charge in [0.15, 0.2) is 0 Å². The second-order valence-corrected chi connectivity index (χ2v) is 5.90. The maximum Gasteiger partial charge on any atom is 0.213 e. The molecule has 116 valence electrons. The molecule has 1 aliphatic rings. The van der Waals surface area contributed by atoms with Crippen LogP contribution in [0.15, 0.2) is 24.4 Å². The van der Waals surface area contributed by atoms with Gasteiger partial charge in [0, 0.05) is 31.0 Å². The van der Waals surface area contributed by atoms with Crippen LogP contribution in [0.4, 0.5) is 10.2 Å². The highest BCUT2D eigenvalue weighted by atomic mass is 35.5. The van der Waals surface area contributed by atoms with Crippen molar-refractivity contribution in [2.75, 3.05) is 18.9 Å². The number of nitrogens with zero attached hydrogens (tertiary/aromatic N) is 2. The van der Waals surface area contributed by atoms with Crippen molar-refractivity contribution in [2.45, 2.75) is 19.3 Å². The number of aromatic nitrogens is 2. The Morgan fingerprint density at radius 2 is 2.09 bits per heavy atom. The van der Waals surface area contributed by atoms with E-state index < -0.39 is 5.95 Å². The van der Waals surface area contributed by atoms with Crippen molar-refractivity contribution in [3.8, 4) is 11.3 Å². The molecule has 2 N–H and O–H groups in total. The van der Waals surface area contributed by atoms with E-state index in [0.29, 0.717) is 28.0 Å². The van der Waals surface area contributed by atoms with E-state index in [0.717, 1.165) is 38.0 Å². The molecule has 1 fully saturated rings. The van der Waals surface area contributed by atoms with Gasteiger partial charge in [0.1, 0.15) is 5.82 Å². The lowest BCUT2D eigenvalue weighted by molar-refractivity contribution is 0.0665. The number of halogens is 2. The number of ether oxygens (including phenoxy) is 1. The third-order valence-corrected chi connectivity index (χ3v) is 4.23. The van der Waals surface area contributed by atoms with Gasteiger partial charge in [-0.2, -0.15) is 4.39 Å². The third-order valence-electron chi connectivity index (χ3n) is 3.93. The first-order valence-electron chi connectivity index (χ1n) is 7.28. The molecule has 3 heterocycles. The topological polar surface area (TPSA) is 61.0 Å². The van der Waals surface area contributed by atoms with Crippen LogP contribution in [0.5, 0.6) is 0 Å². The molecule has 0 bridgehead atoms. The van der Waals surface area contributed by atoms with Crippen LogP contribution in [0, 0.1) is 11.9 Å². The van der Waals surface area contributed by atoms with Crippen LogP contribution in [0.2, 0.25) is 5.02 Å². The van der Waals surface area contributed by atoms with E-state index in [9.17, 15) is 4.39 Å². The fourth-order valence-corrected chi connectivity index (χ4v) is 2.95. The second kappa shape index (κ2) is 6.58. The van der Waals surface area contributed by atoms with E-state index in [1.54, 1.807) is 6.07 Å². The van der Waals surface area contributed by atoms with Crippen molar-refractivity contribution in [3.05, 3.63) is 40.9 Å². The van der Waals surface area contributed by atoms with Crippen molar-refractivity contribution in [2.24, 2.45) is 5.92 Å². The van der Waals surface area contributed by atoms with Crippen LogP contribution >= 0.6 is 11.6 Å². The van der Waals surface area contributed by atoms with Crippen LogP contribution in [-0.4, -0.2) is 23.2 Å². The average Bonchev–Trinajstić information content (AvgIpc) is 2.52. The van der Waals surface area contributed by atoms with Crippen molar-refractivity contribution in [1.82, 2.24) is 9.97 Å². The summed E-state index contributed by atoms with van der Waals surface area (Å²) in [4.78, 5) is 7.94. The third kappa shape index (κ3) is 3.36. The van der Waals surface area contributed by atoms with Crippen molar-refractivity contribution in [1.29, 1.82) is 0 Å². The van der Waals surface area contributed by atoms with Crippen LogP contribution in [0.3, 0.4) is 0 Å². The van der Waals surface area contributed by atoms with Crippen LogP contribution in [-0.2, 0) is 11.2 Å². The first-order valence-corrected chi connectivity index (χ1v) is 7.66. The van der Waals surface area contributed by atoms with Crippen LogP contribution < -0.4 is 5.73 Å². The van der Waals surface area contributed by atoms with E-state index in [2.05, 4.69) is 9.97 Å². The predicted molar refractivity (Wildman–Crippen MR) is 84.1 cm³/mol. The van der Waals surface area contributed by atoms with Crippen molar-refractivity contribution in [3.63, 3.8) is 0 Å². The molecule has 0 radical (unpaired) electrons.